The van der Waals surface area contributed by atoms with Crippen LogP contribution in [0.5, 0.6) is 0 Å². The van der Waals surface area contributed by atoms with Gasteiger partial charge in [-0.2, -0.15) is 0 Å². The van der Waals surface area contributed by atoms with Crippen LogP contribution in [0.1, 0.15) is 18.7 Å². The van der Waals surface area contributed by atoms with Gasteiger partial charge in [0.25, 0.3) is 0 Å². The van der Waals surface area contributed by atoms with E-state index in [0.717, 1.165) is 18.2 Å². The first-order chi connectivity index (χ1) is 7.06. The van der Waals surface area contributed by atoms with E-state index in [4.69, 9.17) is 11.6 Å². The molecule has 1 atom stereocenters. The Morgan fingerprint density at radius 3 is 2.80 bits per heavy atom. The molecule has 1 unspecified atom stereocenters. The van der Waals surface area contributed by atoms with Crippen molar-refractivity contribution in [3.05, 3.63) is 34.6 Å². The van der Waals surface area contributed by atoms with Crippen molar-refractivity contribution in [2.45, 2.75) is 13.1 Å². The van der Waals surface area contributed by atoms with E-state index in [1.807, 2.05) is 0 Å². The minimum absolute atomic E-state index is 0.0140. The molecule has 0 saturated heterocycles. The fourth-order valence-corrected chi connectivity index (χ4v) is 1.21. The van der Waals surface area contributed by atoms with Crippen molar-refractivity contribution >= 4 is 17.6 Å². The summed E-state index contributed by atoms with van der Waals surface area (Å²) in [5, 5.41) is -0.223. The molecular formula is C10H9ClF2O2. The quantitative estimate of drug-likeness (QED) is 0.752. The van der Waals surface area contributed by atoms with Crippen LogP contribution in [0.3, 0.4) is 0 Å². The highest BCUT2D eigenvalue weighted by molar-refractivity contribution is 6.30. The molecule has 0 aromatic heterocycles. The van der Waals surface area contributed by atoms with Crippen LogP contribution in [0.2, 0.25) is 5.02 Å². The largest absolute Gasteiger partial charge is 0.464 e. The first kappa shape index (κ1) is 11.9. The van der Waals surface area contributed by atoms with Crippen molar-refractivity contribution in [1.82, 2.24) is 0 Å². The topological polar surface area (TPSA) is 26.3 Å². The third kappa shape index (κ3) is 2.89. The van der Waals surface area contributed by atoms with Gasteiger partial charge in [-0.1, -0.05) is 17.7 Å². The minimum atomic E-state index is -1.93. The fraction of sp³-hybridized carbons (Fsp3) is 0.300. The van der Waals surface area contributed by atoms with E-state index < -0.39 is 18.0 Å². The van der Waals surface area contributed by atoms with Gasteiger partial charge in [-0.15, -0.1) is 0 Å². The predicted octanol–water partition coefficient (Wildman–Crippen LogP) is 3.05. The van der Waals surface area contributed by atoms with Crippen molar-refractivity contribution < 1.29 is 18.3 Å². The molecule has 0 radical (unpaired) electrons. The maximum Gasteiger partial charge on any atom is 0.345 e. The zero-order valence-corrected chi connectivity index (χ0v) is 8.72. The Bertz CT molecular complexity index is 368. The Labute approximate surface area is 90.8 Å². The summed E-state index contributed by atoms with van der Waals surface area (Å²) in [5.74, 6) is -1.66. The molecule has 0 fully saturated rings. The van der Waals surface area contributed by atoms with Gasteiger partial charge in [0.05, 0.1) is 11.6 Å². The Hall–Kier alpha value is -1.16. The number of rotatable bonds is 3. The standard InChI is InChI=1S/C10H9ClF2O2/c1-2-15-10(14)9(13)6-3-4-8(12)7(11)5-6/h3-5,9H,2H2,1H3. The summed E-state index contributed by atoms with van der Waals surface area (Å²) in [4.78, 5) is 11.0. The molecule has 1 aromatic carbocycles. The molecule has 0 amide bonds. The van der Waals surface area contributed by atoms with Crippen molar-refractivity contribution in [2.75, 3.05) is 6.61 Å². The monoisotopic (exact) mass is 234 g/mol. The van der Waals surface area contributed by atoms with Crippen LogP contribution in [-0.2, 0) is 9.53 Å². The van der Waals surface area contributed by atoms with Crippen LogP contribution in [0, 0.1) is 5.82 Å². The lowest BCUT2D eigenvalue weighted by atomic mass is 10.1. The maximum atomic E-state index is 13.4. The second-order valence-electron chi connectivity index (χ2n) is 2.79. The van der Waals surface area contributed by atoms with Crippen molar-refractivity contribution in [3.63, 3.8) is 0 Å². The molecule has 0 aliphatic rings. The van der Waals surface area contributed by atoms with Gasteiger partial charge in [-0.3, -0.25) is 0 Å². The molecule has 0 aliphatic heterocycles. The molecule has 0 aliphatic carbocycles. The normalized spacial score (nSPS) is 12.3. The van der Waals surface area contributed by atoms with Gasteiger partial charge in [0, 0.05) is 0 Å². The third-order valence-electron chi connectivity index (χ3n) is 1.73. The van der Waals surface area contributed by atoms with E-state index >= 15 is 0 Å². The number of carbonyl (C=O) groups excluding carboxylic acids is 1. The fourth-order valence-electron chi connectivity index (χ4n) is 1.02. The Morgan fingerprint density at radius 1 is 1.60 bits per heavy atom. The van der Waals surface area contributed by atoms with Gasteiger partial charge in [0.1, 0.15) is 5.82 Å². The molecule has 0 saturated carbocycles. The zero-order chi connectivity index (χ0) is 11.4. The van der Waals surface area contributed by atoms with Crippen LogP contribution < -0.4 is 0 Å². The lowest BCUT2D eigenvalue weighted by Crippen LogP contribution is -2.11. The van der Waals surface area contributed by atoms with Crippen molar-refractivity contribution in [2.24, 2.45) is 0 Å². The number of halogens is 3. The van der Waals surface area contributed by atoms with Gasteiger partial charge in [0.15, 0.2) is 0 Å². The van der Waals surface area contributed by atoms with Gasteiger partial charge in [0.2, 0.25) is 6.17 Å². The molecule has 0 heterocycles. The lowest BCUT2D eigenvalue weighted by molar-refractivity contribution is -0.149. The number of hydrogen-bond acceptors (Lipinski definition) is 2. The summed E-state index contributed by atoms with van der Waals surface area (Å²) in [6, 6.07) is 3.23. The summed E-state index contributed by atoms with van der Waals surface area (Å²) in [6.07, 6.45) is -1.93. The average molecular weight is 235 g/mol. The molecule has 1 rings (SSSR count). The zero-order valence-electron chi connectivity index (χ0n) is 7.97. The number of hydrogen-bond donors (Lipinski definition) is 0. The van der Waals surface area contributed by atoms with Crippen LogP contribution in [0.25, 0.3) is 0 Å². The second kappa shape index (κ2) is 5.07. The molecule has 82 valence electrons. The first-order valence-electron chi connectivity index (χ1n) is 4.32. The number of alkyl halides is 1. The molecule has 0 N–H and O–H groups in total. The summed E-state index contributed by atoms with van der Waals surface area (Å²) in [7, 11) is 0. The van der Waals surface area contributed by atoms with E-state index in [2.05, 4.69) is 4.74 Å². The van der Waals surface area contributed by atoms with Gasteiger partial charge >= 0.3 is 5.97 Å². The van der Waals surface area contributed by atoms with Gasteiger partial charge in [-0.25, -0.2) is 13.6 Å². The van der Waals surface area contributed by atoms with Crippen LogP contribution in [-0.4, -0.2) is 12.6 Å². The Morgan fingerprint density at radius 2 is 2.27 bits per heavy atom. The number of esters is 1. The molecule has 0 bridgehead atoms. The molecule has 2 nitrogen and oxygen atoms in total. The maximum absolute atomic E-state index is 13.4. The smallest absolute Gasteiger partial charge is 0.345 e. The molecule has 1 aromatic rings. The highest BCUT2D eigenvalue weighted by Crippen LogP contribution is 2.24. The van der Waals surface area contributed by atoms with Gasteiger partial charge < -0.3 is 4.74 Å². The van der Waals surface area contributed by atoms with E-state index in [1.54, 1.807) is 6.92 Å². The number of benzene rings is 1. The van der Waals surface area contributed by atoms with Crippen LogP contribution >= 0.6 is 11.6 Å². The lowest BCUT2D eigenvalue weighted by Gasteiger charge is -2.07. The summed E-state index contributed by atoms with van der Waals surface area (Å²) < 4.78 is 30.6. The highest BCUT2D eigenvalue weighted by Gasteiger charge is 2.21. The average Bonchev–Trinajstić information content (AvgIpc) is 2.21. The van der Waals surface area contributed by atoms with E-state index in [1.165, 1.54) is 0 Å². The third-order valence-corrected chi connectivity index (χ3v) is 2.02. The Balaban J connectivity index is 2.86. The van der Waals surface area contributed by atoms with Crippen molar-refractivity contribution in [3.8, 4) is 0 Å². The molecule has 5 heteroatoms. The van der Waals surface area contributed by atoms with Gasteiger partial charge in [-0.05, 0) is 24.6 Å². The van der Waals surface area contributed by atoms with E-state index in [9.17, 15) is 13.6 Å². The molecule has 0 spiro atoms. The molecule has 15 heavy (non-hydrogen) atoms. The Kier molecular flexibility index (Phi) is 4.03. The number of ether oxygens (including phenoxy) is 1. The van der Waals surface area contributed by atoms with Crippen LogP contribution in [0.15, 0.2) is 18.2 Å². The highest BCUT2D eigenvalue weighted by atomic mass is 35.5. The molecular weight excluding hydrogens is 226 g/mol. The van der Waals surface area contributed by atoms with Crippen molar-refractivity contribution in [1.29, 1.82) is 0 Å². The summed E-state index contributed by atoms with van der Waals surface area (Å²) in [5.41, 5.74) is -0.0140. The second-order valence-corrected chi connectivity index (χ2v) is 3.20. The number of carbonyl (C=O) groups is 1. The summed E-state index contributed by atoms with van der Waals surface area (Å²) in [6.45, 7) is 1.66. The predicted molar refractivity (Wildman–Crippen MR) is 51.9 cm³/mol. The van der Waals surface area contributed by atoms with Crippen LogP contribution in [0.4, 0.5) is 8.78 Å². The first-order valence-corrected chi connectivity index (χ1v) is 4.69. The minimum Gasteiger partial charge on any atom is -0.464 e. The summed E-state index contributed by atoms with van der Waals surface area (Å²) >= 11 is 5.45. The van der Waals surface area contributed by atoms with E-state index in [-0.39, 0.29) is 17.2 Å². The van der Waals surface area contributed by atoms with E-state index in [0.29, 0.717) is 0 Å². The SMILES string of the molecule is CCOC(=O)C(F)c1ccc(F)c(Cl)c1.